The van der Waals surface area contributed by atoms with E-state index in [1.807, 2.05) is 48.5 Å². The summed E-state index contributed by atoms with van der Waals surface area (Å²) in [5.41, 5.74) is 4.28. The van der Waals surface area contributed by atoms with Crippen LogP contribution in [-0.2, 0) is 24.2 Å². The molecule has 182 valence electrons. The minimum atomic E-state index is 0.0442. The second-order valence-corrected chi connectivity index (χ2v) is 9.18. The molecule has 6 heteroatoms. The Morgan fingerprint density at radius 2 is 1.74 bits per heavy atom. The van der Waals surface area contributed by atoms with Gasteiger partial charge in [-0.1, -0.05) is 60.5 Å². The van der Waals surface area contributed by atoms with Crippen LogP contribution in [0.4, 0.5) is 0 Å². The predicted octanol–water partition coefficient (Wildman–Crippen LogP) is 6.15. The van der Waals surface area contributed by atoms with Gasteiger partial charge in [0.2, 0.25) is 5.91 Å². The maximum atomic E-state index is 12.2. The lowest BCUT2D eigenvalue weighted by atomic mass is 10.1. The molecular weight excluding hydrogens is 458 g/mol. The molecule has 0 aliphatic carbocycles. The lowest BCUT2D eigenvalue weighted by Gasteiger charge is -2.12. The molecule has 0 aliphatic rings. The van der Waals surface area contributed by atoms with Crippen LogP contribution in [0.2, 0.25) is 5.02 Å². The number of imidazole rings is 1. The number of amides is 1. The Hall–Kier alpha value is -3.31. The first-order valence-corrected chi connectivity index (χ1v) is 12.6. The second kappa shape index (κ2) is 12.4. The van der Waals surface area contributed by atoms with Crippen LogP contribution in [0.15, 0.2) is 72.8 Å². The van der Waals surface area contributed by atoms with Crippen molar-refractivity contribution >= 4 is 28.5 Å². The number of carbonyl (C=O) groups is 1. The van der Waals surface area contributed by atoms with Gasteiger partial charge in [0, 0.05) is 18.0 Å². The largest absolute Gasteiger partial charge is 0.491 e. The van der Waals surface area contributed by atoms with E-state index in [-0.39, 0.29) is 5.91 Å². The number of aryl methyl sites for hydroxylation is 2. The third-order valence-corrected chi connectivity index (χ3v) is 6.33. The summed E-state index contributed by atoms with van der Waals surface area (Å²) in [6.07, 6.45) is 4.28. The van der Waals surface area contributed by atoms with Gasteiger partial charge in [-0.05, 0) is 61.2 Å². The summed E-state index contributed by atoms with van der Waals surface area (Å²) in [4.78, 5) is 17.0. The predicted molar refractivity (Wildman–Crippen MR) is 142 cm³/mol. The maximum absolute atomic E-state index is 12.2. The lowest BCUT2D eigenvalue weighted by molar-refractivity contribution is -0.120. The molecule has 0 radical (unpaired) electrons. The SMILES string of the molecule is Cc1ccccc1OCCn1c(CCCCCNC(=O)Cc2ccc(Cl)cc2)nc2ccccc21. The fourth-order valence-corrected chi connectivity index (χ4v) is 4.32. The van der Waals surface area contributed by atoms with E-state index in [0.29, 0.717) is 24.6 Å². The molecule has 1 amide bonds. The number of hydrogen-bond acceptors (Lipinski definition) is 3. The third kappa shape index (κ3) is 7.09. The summed E-state index contributed by atoms with van der Waals surface area (Å²) < 4.78 is 8.33. The smallest absolute Gasteiger partial charge is 0.224 e. The van der Waals surface area contributed by atoms with Crippen molar-refractivity contribution in [3.8, 4) is 5.75 Å². The van der Waals surface area contributed by atoms with E-state index in [1.165, 1.54) is 0 Å². The molecule has 0 spiro atoms. The van der Waals surface area contributed by atoms with E-state index in [1.54, 1.807) is 0 Å². The van der Waals surface area contributed by atoms with Gasteiger partial charge < -0.3 is 14.6 Å². The van der Waals surface area contributed by atoms with Crippen molar-refractivity contribution < 1.29 is 9.53 Å². The van der Waals surface area contributed by atoms with Gasteiger partial charge in [-0.2, -0.15) is 0 Å². The first-order chi connectivity index (χ1) is 17.1. The quantitative estimate of drug-likeness (QED) is 0.243. The minimum absolute atomic E-state index is 0.0442. The molecule has 35 heavy (non-hydrogen) atoms. The van der Waals surface area contributed by atoms with Crippen molar-refractivity contribution in [1.29, 1.82) is 0 Å². The molecule has 0 unspecified atom stereocenters. The second-order valence-electron chi connectivity index (χ2n) is 8.75. The Morgan fingerprint density at radius 3 is 2.57 bits per heavy atom. The highest BCUT2D eigenvalue weighted by Crippen LogP contribution is 2.20. The topological polar surface area (TPSA) is 56.1 Å². The fourth-order valence-electron chi connectivity index (χ4n) is 4.19. The van der Waals surface area contributed by atoms with Crippen LogP contribution < -0.4 is 10.1 Å². The Labute approximate surface area is 212 Å². The summed E-state index contributed by atoms with van der Waals surface area (Å²) in [5.74, 6) is 2.06. The molecule has 1 N–H and O–H groups in total. The van der Waals surface area contributed by atoms with Crippen LogP contribution >= 0.6 is 11.6 Å². The minimum Gasteiger partial charge on any atom is -0.491 e. The average molecular weight is 490 g/mol. The highest BCUT2D eigenvalue weighted by Gasteiger charge is 2.11. The van der Waals surface area contributed by atoms with Crippen LogP contribution in [0, 0.1) is 6.92 Å². The standard InChI is InChI=1S/C29H32ClN3O2/c1-22-9-4-7-12-27(22)35-20-19-33-26-11-6-5-10-25(26)32-28(33)13-3-2-8-18-31-29(34)21-23-14-16-24(30)17-15-23/h4-7,9-12,14-17H,2-3,8,13,18-21H2,1H3,(H,31,34). The monoisotopic (exact) mass is 489 g/mol. The van der Waals surface area contributed by atoms with E-state index in [9.17, 15) is 4.79 Å². The van der Waals surface area contributed by atoms with E-state index >= 15 is 0 Å². The van der Waals surface area contributed by atoms with Gasteiger partial charge in [0.1, 0.15) is 18.2 Å². The van der Waals surface area contributed by atoms with Crippen molar-refractivity contribution in [2.45, 2.75) is 45.6 Å². The molecule has 4 rings (SSSR count). The normalized spacial score (nSPS) is 11.0. The molecule has 0 bridgehead atoms. The van der Waals surface area contributed by atoms with Crippen LogP contribution in [0.1, 0.15) is 36.2 Å². The van der Waals surface area contributed by atoms with Crippen molar-refractivity contribution in [3.05, 3.63) is 94.8 Å². The number of hydrogen-bond donors (Lipinski definition) is 1. The van der Waals surface area contributed by atoms with E-state index < -0.39 is 0 Å². The molecule has 0 atom stereocenters. The summed E-state index contributed by atoms with van der Waals surface area (Å²) >= 11 is 5.90. The number of nitrogens with one attached hydrogen (secondary N) is 1. The highest BCUT2D eigenvalue weighted by molar-refractivity contribution is 6.30. The number of benzene rings is 3. The van der Waals surface area contributed by atoms with Gasteiger partial charge in [0.15, 0.2) is 0 Å². The molecule has 1 aromatic heterocycles. The third-order valence-electron chi connectivity index (χ3n) is 6.08. The van der Waals surface area contributed by atoms with Crippen molar-refractivity contribution in [1.82, 2.24) is 14.9 Å². The van der Waals surface area contributed by atoms with Gasteiger partial charge in [-0.15, -0.1) is 0 Å². The number of halogens is 1. The number of aromatic nitrogens is 2. The molecule has 0 aliphatic heterocycles. The van der Waals surface area contributed by atoms with Crippen molar-refractivity contribution in [3.63, 3.8) is 0 Å². The summed E-state index contributed by atoms with van der Waals surface area (Å²) in [5, 5.41) is 3.70. The van der Waals surface area contributed by atoms with Gasteiger partial charge in [-0.25, -0.2) is 4.98 Å². The molecule has 0 saturated carbocycles. The van der Waals surface area contributed by atoms with Crippen molar-refractivity contribution in [2.24, 2.45) is 0 Å². The molecule has 0 fully saturated rings. The summed E-state index contributed by atoms with van der Waals surface area (Å²) in [7, 11) is 0. The Morgan fingerprint density at radius 1 is 0.971 bits per heavy atom. The molecule has 3 aromatic carbocycles. The first-order valence-electron chi connectivity index (χ1n) is 12.2. The number of rotatable bonds is 12. The Bertz CT molecular complexity index is 1250. The van der Waals surface area contributed by atoms with E-state index in [0.717, 1.165) is 66.0 Å². The lowest BCUT2D eigenvalue weighted by Crippen LogP contribution is -2.26. The van der Waals surface area contributed by atoms with Crippen LogP contribution in [0.5, 0.6) is 5.75 Å². The number of ether oxygens (including phenoxy) is 1. The molecule has 5 nitrogen and oxygen atoms in total. The molecular formula is C29H32ClN3O2. The number of fused-ring (bicyclic) bond motifs is 1. The molecule has 1 heterocycles. The van der Waals surface area contributed by atoms with Crippen LogP contribution in [-0.4, -0.2) is 28.6 Å². The van der Waals surface area contributed by atoms with Crippen LogP contribution in [0.25, 0.3) is 11.0 Å². The van der Waals surface area contributed by atoms with Gasteiger partial charge in [0.05, 0.1) is 24.0 Å². The number of unbranched alkanes of at least 4 members (excludes halogenated alkanes) is 2. The zero-order valence-electron chi connectivity index (χ0n) is 20.2. The Balaban J connectivity index is 1.23. The first kappa shape index (κ1) is 24.8. The van der Waals surface area contributed by atoms with Gasteiger partial charge in [-0.3, -0.25) is 4.79 Å². The molecule has 4 aromatic rings. The van der Waals surface area contributed by atoms with E-state index in [4.69, 9.17) is 21.3 Å². The van der Waals surface area contributed by atoms with Crippen molar-refractivity contribution in [2.75, 3.05) is 13.2 Å². The molecule has 0 saturated heterocycles. The Kier molecular flexibility index (Phi) is 8.79. The van der Waals surface area contributed by atoms with Gasteiger partial charge in [0.25, 0.3) is 0 Å². The zero-order chi connectivity index (χ0) is 24.5. The van der Waals surface area contributed by atoms with Crippen LogP contribution in [0.3, 0.4) is 0 Å². The zero-order valence-corrected chi connectivity index (χ0v) is 20.9. The van der Waals surface area contributed by atoms with E-state index in [2.05, 4.69) is 41.1 Å². The average Bonchev–Trinajstić information content (AvgIpc) is 3.21. The maximum Gasteiger partial charge on any atom is 0.224 e. The number of nitrogens with zero attached hydrogens (tertiary/aromatic N) is 2. The number of carbonyl (C=O) groups excluding carboxylic acids is 1. The number of para-hydroxylation sites is 3. The summed E-state index contributed by atoms with van der Waals surface area (Å²) in [6, 6.07) is 23.8. The fraction of sp³-hybridized carbons (Fsp3) is 0.310. The summed E-state index contributed by atoms with van der Waals surface area (Å²) in [6.45, 7) is 4.10. The van der Waals surface area contributed by atoms with Gasteiger partial charge >= 0.3 is 0 Å². The highest BCUT2D eigenvalue weighted by atomic mass is 35.5.